The third kappa shape index (κ3) is 4.53. The van der Waals surface area contributed by atoms with Gasteiger partial charge in [0.25, 0.3) is 5.91 Å². The number of hydrogen-bond donors (Lipinski definition) is 1. The van der Waals surface area contributed by atoms with E-state index < -0.39 is 5.91 Å². The van der Waals surface area contributed by atoms with Crippen molar-refractivity contribution in [2.24, 2.45) is 11.7 Å². The summed E-state index contributed by atoms with van der Waals surface area (Å²) in [4.78, 5) is 17.7. The molecule has 1 saturated heterocycles. The fourth-order valence-corrected chi connectivity index (χ4v) is 4.09. The zero-order valence-corrected chi connectivity index (χ0v) is 14.0. The van der Waals surface area contributed by atoms with E-state index in [-0.39, 0.29) is 5.82 Å². The summed E-state index contributed by atoms with van der Waals surface area (Å²) in [5.74, 6) is 0.543. The van der Waals surface area contributed by atoms with Crippen LogP contribution in [-0.4, -0.2) is 45.2 Å². The van der Waals surface area contributed by atoms with Gasteiger partial charge >= 0.3 is 0 Å². The highest BCUT2D eigenvalue weighted by molar-refractivity contribution is 5.88. The molecule has 23 heavy (non-hydrogen) atoms. The maximum absolute atomic E-state index is 11.1. The zero-order chi connectivity index (χ0) is 16.1. The molecule has 1 aliphatic heterocycles. The smallest absolute Gasteiger partial charge is 0.288 e. The molecule has 0 bridgehead atoms. The second-order valence-corrected chi connectivity index (χ2v) is 7.16. The zero-order valence-electron chi connectivity index (χ0n) is 14.0. The van der Waals surface area contributed by atoms with Crippen molar-refractivity contribution >= 4 is 5.91 Å². The van der Waals surface area contributed by atoms with E-state index in [9.17, 15) is 4.79 Å². The molecule has 1 aliphatic carbocycles. The Hall–Kier alpha value is -1.43. The summed E-state index contributed by atoms with van der Waals surface area (Å²) in [7, 11) is 0. The number of aromatic nitrogens is 3. The van der Waals surface area contributed by atoms with Crippen molar-refractivity contribution in [1.82, 2.24) is 19.7 Å². The molecule has 1 atom stereocenters. The molecule has 0 spiro atoms. The monoisotopic (exact) mass is 319 g/mol. The number of nitrogens with two attached hydrogens (primary N) is 1. The van der Waals surface area contributed by atoms with Crippen LogP contribution < -0.4 is 5.73 Å². The number of amides is 1. The maximum Gasteiger partial charge on any atom is 0.288 e. The Bertz CT molecular complexity index is 509. The summed E-state index contributed by atoms with van der Waals surface area (Å²) in [6.45, 7) is 3.37. The fourth-order valence-electron chi connectivity index (χ4n) is 4.09. The number of piperidine rings is 1. The molecule has 1 unspecified atom stereocenters. The van der Waals surface area contributed by atoms with Crippen LogP contribution in [0.3, 0.4) is 0 Å². The summed E-state index contributed by atoms with van der Waals surface area (Å²) in [6, 6.07) is 0.319. The fraction of sp³-hybridized carbons (Fsp3) is 0.824. The molecule has 6 heteroatoms. The standard InChI is InChI=1S/C17H29N5O/c18-16(23)17-19-13-22(20-17)15-9-5-11-21(12-15)10-4-8-14-6-2-1-3-7-14/h13-15H,1-12H2,(H2,18,23). The summed E-state index contributed by atoms with van der Waals surface area (Å²) in [5.41, 5.74) is 5.23. The average molecular weight is 319 g/mol. The molecular weight excluding hydrogens is 290 g/mol. The first-order chi connectivity index (χ1) is 11.2. The van der Waals surface area contributed by atoms with E-state index in [0.29, 0.717) is 6.04 Å². The minimum Gasteiger partial charge on any atom is -0.363 e. The molecule has 0 aromatic carbocycles. The van der Waals surface area contributed by atoms with Crippen LogP contribution in [0, 0.1) is 5.92 Å². The third-order valence-electron chi connectivity index (χ3n) is 5.40. The molecule has 1 aromatic rings. The summed E-state index contributed by atoms with van der Waals surface area (Å²) in [6.07, 6.45) is 13.8. The van der Waals surface area contributed by atoms with Gasteiger partial charge in [0.1, 0.15) is 6.33 Å². The molecule has 3 rings (SSSR count). The predicted octanol–water partition coefficient (Wildman–Crippen LogP) is 2.37. The molecule has 128 valence electrons. The van der Waals surface area contributed by atoms with Crippen molar-refractivity contribution in [3.8, 4) is 0 Å². The van der Waals surface area contributed by atoms with Crippen LogP contribution in [0.25, 0.3) is 0 Å². The Morgan fingerprint density at radius 1 is 1.22 bits per heavy atom. The van der Waals surface area contributed by atoms with Crippen molar-refractivity contribution in [2.75, 3.05) is 19.6 Å². The highest BCUT2D eigenvalue weighted by Gasteiger charge is 2.23. The molecular formula is C17H29N5O. The normalized spacial score (nSPS) is 23.9. The van der Waals surface area contributed by atoms with Gasteiger partial charge in [0.2, 0.25) is 5.82 Å². The lowest BCUT2D eigenvalue weighted by Crippen LogP contribution is -2.37. The van der Waals surface area contributed by atoms with Crippen LogP contribution in [0.15, 0.2) is 6.33 Å². The summed E-state index contributed by atoms with van der Waals surface area (Å²) in [5, 5.41) is 4.23. The van der Waals surface area contributed by atoms with Gasteiger partial charge in [-0.3, -0.25) is 4.79 Å². The van der Waals surface area contributed by atoms with Crippen LogP contribution >= 0.6 is 0 Å². The average Bonchev–Trinajstić information content (AvgIpc) is 3.07. The lowest BCUT2D eigenvalue weighted by molar-refractivity contribution is 0.0989. The lowest BCUT2D eigenvalue weighted by Gasteiger charge is -2.33. The van der Waals surface area contributed by atoms with E-state index in [4.69, 9.17) is 5.73 Å². The Morgan fingerprint density at radius 3 is 2.78 bits per heavy atom. The van der Waals surface area contributed by atoms with Gasteiger partial charge in [0.15, 0.2) is 0 Å². The largest absolute Gasteiger partial charge is 0.363 e. The number of carbonyl (C=O) groups excluding carboxylic acids is 1. The van der Waals surface area contributed by atoms with Crippen LogP contribution in [0.1, 0.15) is 74.4 Å². The second kappa shape index (κ2) is 7.90. The number of likely N-dealkylation sites (tertiary alicyclic amines) is 1. The molecule has 2 fully saturated rings. The first-order valence-electron chi connectivity index (χ1n) is 9.15. The van der Waals surface area contributed by atoms with E-state index in [2.05, 4.69) is 15.0 Å². The molecule has 6 nitrogen and oxygen atoms in total. The third-order valence-corrected chi connectivity index (χ3v) is 5.40. The highest BCUT2D eigenvalue weighted by atomic mass is 16.1. The topological polar surface area (TPSA) is 77.0 Å². The number of nitrogens with zero attached hydrogens (tertiary/aromatic N) is 4. The summed E-state index contributed by atoms with van der Waals surface area (Å²) < 4.78 is 1.83. The number of carbonyl (C=O) groups is 1. The minimum atomic E-state index is -0.552. The van der Waals surface area contributed by atoms with Gasteiger partial charge in [-0.2, -0.15) is 0 Å². The van der Waals surface area contributed by atoms with Crippen molar-refractivity contribution < 1.29 is 4.79 Å². The molecule has 2 aliphatic rings. The van der Waals surface area contributed by atoms with Gasteiger partial charge in [-0.25, -0.2) is 9.67 Å². The summed E-state index contributed by atoms with van der Waals surface area (Å²) >= 11 is 0. The van der Waals surface area contributed by atoms with Gasteiger partial charge in [-0.15, -0.1) is 5.10 Å². The van der Waals surface area contributed by atoms with Crippen LogP contribution in [0.4, 0.5) is 0 Å². The van der Waals surface area contributed by atoms with E-state index in [1.54, 1.807) is 6.33 Å². The second-order valence-electron chi connectivity index (χ2n) is 7.16. The SMILES string of the molecule is NC(=O)c1ncn(C2CCCN(CCCC3CCCCC3)C2)n1. The van der Waals surface area contributed by atoms with Gasteiger partial charge in [0, 0.05) is 6.54 Å². The quantitative estimate of drug-likeness (QED) is 0.873. The van der Waals surface area contributed by atoms with Crippen LogP contribution in [0.5, 0.6) is 0 Å². The molecule has 2 heterocycles. The molecule has 2 N–H and O–H groups in total. The van der Waals surface area contributed by atoms with Crippen molar-refractivity contribution in [2.45, 2.75) is 63.8 Å². The molecule has 1 aromatic heterocycles. The van der Waals surface area contributed by atoms with Gasteiger partial charge in [-0.05, 0) is 44.7 Å². The van der Waals surface area contributed by atoms with E-state index in [0.717, 1.165) is 18.9 Å². The van der Waals surface area contributed by atoms with Crippen molar-refractivity contribution in [3.05, 3.63) is 12.2 Å². The van der Waals surface area contributed by atoms with E-state index >= 15 is 0 Å². The number of rotatable bonds is 6. The van der Waals surface area contributed by atoms with Crippen LogP contribution in [-0.2, 0) is 0 Å². The Labute approximate surface area is 138 Å². The van der Waals surface area contributed by atoms with Gasteiger partial charge < -0.3 is 10.6 Å². The first kappa shape index (κ1) is 16.4. The molecule has 1 saturated carbocycles. The van der Waals surface area contributed by atoms with Gasteiger partial charge in [-0.1, -0.05) is 32.1 Å². The number of primary amides is 1. The highest BCUT2D eigenvalue weighted by Crippen LogP contribution is 2.28. The van der Waals surface area contributed by atoms with E-state index in [1.165, 1.54) is 64.5 Å². The minimum absolute atomic E-state index is 0.124. The Kier molecular flexibility index (Phi) is 5.65. The number of hydrogen-bond acceptors (Lipinski definition) is 4. The Balaban J connectivity index is 1.44. The van der Waals surface area contributed by atoms with Crippen molar-refractivity contribution in [1.29, 1.82) is 0 Å². The lowest BCUT2D eigenvalue weighted by atomic mass is 9.86. The molecule has 0 radical (unpaired) electrons. The molecule has 1 amide bonds. The van der Waals surface area contributed by atoms with E-state index in [1.807, 2.05) is 4.68 Å². The van der Waals surface area contributed by atoms with Crippen molar-refractivity contribution in [3.63, 3.8) is 0 Å². The Morgan fingerprint density at radius 2 is 2.04 bits per heavy atom. The maximum atomic E-state index is 11.1. The first-order valence-corrected chi connectivity index (χ1v) is 9.15. The van der Waals surface area contributed by atoms with Gasteiger partial charge in [0.05, 0.1) is 6.04 Å². The van der Waals surface area contributed by atoms with Crippen LogP contribution in [0.2, 0.25) is 0 Å². The predicted molar refractivity (Wildman–Crippen MR) is 89.1 cm³/mol.